The molecule has 0 spiro atoms. The number of anilines is 1. The van der Waals surface area contributed by atoms with Gasteiger partial charge in [0, 0.05) is 21.3 Å². The van der Waals surface area contributed by atoms with E-state index in [2.05, 4.69) is 21.2 Å². The van der Waals surface area contributed by atoms with Crippen LogP contribution in [-0.4, -0.2) is 11.7 Å². The maximum absolute atomic E-state index is 12.5. The lowest BCUT2D eigenvalue weighted by Crippen LogP contribution is -2.03. The predicted molar refractivity (Wildman–Crippen MR) is 81.1 cm³/mol. The van der Waals surface area contributed by atoms with Gasteiger partial charge in [-0.3, -0.25) is 9.59 Å². The Balaban J connectivity index is 1.97. The van der Waals surface area contributed by atoms with E-state index in [1.165, 1.54) is 0 Å². The standard InChI is InChI=1S/C16H12BrNO2/c1-9-6-10(2-4-13(9)17)16(20)11-3-5-14-12(7-11)8-15(19)18-14/h2-7H,8H2,1H3,(H,18,19). The molecule has 2 aromatic carbocycles. The maximum atomic E-state index is 12.5. The van der Waals surface area contributed by atoms with Gasteiger partial charge in [0.05, 0.1) is 6.42 Å². The molecule has 1 amide bonds. The molecule has 4 heteroatoms. The van der Waals surface area contributed by atoms with Crippen LogP contribution >= 0.6 is 15.9 Å². The van der Waals surface area contributed by atoms with E-state index < -0.39 is 0 Å². The van der Waals surface area contributed by atoms with E-state index in [-0.39, 0.29) is 11.7 Å². The Hall–Kier alpha value is -1.94. The second-order valence-electron chi connectivity index (χ2n) is 4.89. The van der Waals surface area contributed by atoms with Crippen molar-refractivity contribution < 1.29 is 9.59 Å². The summed E-state index contributed by atoms with van der Waals surface area (Å²) >= 11 is 3.42. The largest absolute Gasteiger partial charge is 0.326 e. The Morgan fingerprint density at radius 3 is 2.60 bits per heavy atom. The topological polar surface area (TPSA) is 46.2 Å². The summed E-state index contributed by atoms with van der Waals surface area (Å²) in [5, 5.41) is 2.76. The van der Waals surface area contributed by atoms with E-state index in [4.69, 9.17) is 0 Å². The van der Waals surface area contributed by atoms with Crippen molar-refractivity contribution in [1.82, 2.24) is 0 Å². The maximum Gasteiger partial charge on any atom is 0.228 e. The lowest BCUT2D eigenvalue weighted by molar-refractivity contribution is -0.115. The Morgan fingerprint density at radius 2 is 1.85 bits per heavy atom. The number of amides is 1. The highest BCUT2D eigenvalue weighted by Crippen LogP contribution is 2.25. The summed E-state index contributed by atoms with van der Waals surface area (Å²) in [4.78, 5) is 23.8. The molecule has 1 heterocycles. The second-order valence-corrected chi connectivity index (χ2v) is 5.74. The van der Waals surface area contributed by atoms with Crippen molar-refractivity contribution >= 4 is 33.3 Å². The van der Waals surface area contributed by atoms with Crippen LogP contribution in [0, 0.1) is 6.92 Å². The van der Waals surface area contributed by atoms with Gasteiger partial charge in [-0.05, 0) is 54.4 Å². The molecule has 0 aliphatic carbocycles. The molecule has 2 aromatic rings. The van der Waals surface area contributed by atoms with E-state index in [9.17, 15) is 9.59 Å². The smallest absolute Gasteiger partial charge is 0.228 e. The Labute approximate surface area is 125 Å². The van der Waals surface area contributed by atoms with Gasteiger partial charge in [-0.1, -0.05) is 15.9 Å². The first-order valence-electron chi connectivity index (χ1n) is 6.28. The van der Waals surface area contributed by atoms with Gasteiger partial charge in [0.15, 0.2) is 5.78 Å². The zero-order valence-electron chi connectivity index (χ0n) is 10.9. The van der Waals surface area contributed by atoms with Gasteiger partial charge in [-0.2, -0.15) is 0 Å². The lowest BCUT2D eigenvalue weighted by Gasteiger charge is -2.06. The number of ketones is 1. The Bertz CT molecular complexity index is 737. The Morgan fingerprint density at radius 1 is 1.15 bits per heavy atom. The van der Waals surface area contributed by atoms with Crippen LogP contribution < -0.4 is 5.32 Å². The number of fused-ring (bicyclic) bond motifs is 1. The van der Waals surface area contributed by atoms with Crippen LogP contribution in [0.5, 0.6) is 0 Å². The molecular formula is C16H12BrNO2. The molecule has 20 heavy (non-hydrogen) atoms. The molecule has 0 saturated heterocycles. The van der Waals surface area contributed by atoms with Crippen molar-refractivity contribution in [2.45, 2.75) is 13.3 Å². The van der Waals surface area contributed by atoms with Crippen LogP contribution in [0.25, 0.3) is 0 Å². The number of hydrogen-bond donors (Lipinski definition) is 1. The summed E-state index contributed by atoms with van der Waals surface area (Å²) in [5.41, 5.74) is 3.98. The summed E-state index contributed by atoms with van der Waals surface area (Å²) in [7, 11) is 0. The highest BCUT2D eigenvalue weighted by molar-refractivity contribution is 9.10. The van der Waals surface area contributed by atoms with E-state index in [0.29, 0.717) is 17.5 Å². The van der Waals surface area contributed by atoms with Crippen LogP contribution in [0.4, 0.5) is 5.69 Å². The fourth-order valence-corrected chi connectivity index (χ4v) is 2.57. The summed E-state index contributed by atoms with van der Waals surface area (Å²) < 4.78 is 0.984. The minimum Gasteiger partial charge on any atom is -0.326 e. The van der Waals surface area contributed by atoms with Gasteiger partial charge >= 0.3 is 0 Å². The summed E-state index contributed by atoms with van der Waals surface area (Å²) in [6.07, 6.45) is 0.343. The molecule has 0 saturated carbocycles. The van der Waals surface area contributed by atoms with Crippen LogP contribution in [-0.2, 0) is 11.2 Å². The molecule has 0 bridgehead atoms. The van der Waals surface area contributed by atoms with Crippen molar-refractivity contribution in [3.63, 3.8) is 0 Å². The molecule has 0 fully saturated rings. The zero-order valence-corrected chi connectivity index (χ0v) is 12.5. The fraction of sp³-hybridized carbons (Fsp3) is 0.125. The van der Waals surface area contributed by atoms with Gasteiger partial charge in [0.2, 0.25) is 5.91 Å². The average Bonchev–Trinajstić information content (AvgIpc) is 2.80. The SMILES string of the molecule is Cc1cc(C(=O)c2ccc3c(c2)CC(=O)N3)ccc1Br. The first kappa shape index (κ1) is 13.1. The molecule has 3 rings (SSSR count). The van der Waals surface area contributed by atoms with Crippen LogP contribution in [0.2, 0.25) is 0 Å². The molecule has 0 unspecified atom stereocenters. The highest BCUT2D eigenvalue weighted by atomic mass is 79.9. The zero-order chi connectivity index (χ0) is 14.3. The number of nitrogens with one attached hydrogen (secondary N) is 1. The fourth-order valence-electron chi connectivity index (χ4n) is 2.32. The third kappa shape index (κ3) is 2.27. The number of rotatable bonds is 2. The van der Waals surface area contributed by atoms with Gasteiger partial charge in [-0.25, -0.2) is 0 Å². The number of carbonyl (C=O) groups is 2. The van der Waals surface area contributed by atoms with Gasteiger partial charge < -0.3 is 5.32 Å². The molecule has 3 nitrogen and oxygen atoms in total. The monoisotopic (exact) mass is 329 g/mol. The van der Waals surface area contributed by atoms with Gasteiger partial charge in [0.25, 0.3) is 0 Å². The summed E-state index contributed by atoms with van der Waals surface area (Å²) in [5.74, 6) is -0.0492. The van der Waals surface area contributed by atoms with Crippen LogP contribution in [0.3, 0.4) is 0 Å². The molecule has 1 aliphatic rings. The first-order valence-corrected chi connectivity index (χ1v) is 7.07. The predicted octanol–water partition coefficient (Wildman–Crippen LogP) is 3.48. The number of carbonyl (C=O) groups excluding carboxylic acids is 2. The second kappa shape index (κ2) is 4.87. The van der Waals surface area contributed by atoms with E-state index in [0.717, 1.165) is 21.3 Å². The van der Waals surface area contributed by atoms with Crippen molar-refractivity contribution in [2.24, 2.45) is 0 Å². The molecule has 0 aromatic heterocycles. The van der Waals surface area contributed by atoms with Crippen molar-refractivity contribution in [1.29, 1.82) is 0 Å². The minimum atomic E-state index is -0.0252. The highest BCUT2D eigenvalue weighted by Gasteiger charge is 2.19. The Kier molecular flexibility index (Phi) is 3.18. The molecule has 0 radical (unpaired) electrons. The molecule has 1 N–H and O–H groups in total. The summed E-state index contributed by atoms with van der Waals surface area (Å²) in [6, 6.07) is 10.9. The number of aryl methyl sites for hydroxylation is 1. The quantitative estimate of drug-likeness (QED) is 0.857. The van der Waals surface area contributed by atoms with E-state index >= 15 is 0 Å². The van der Waals surface area contributed by atoms with Gasteiger partial charge in [0.1, 0.15) is 0 Å². The number of benzene rings is 2. The van der Waals surface area contributed by atoms with Crippen LogP contribution in [0.1, 0.15) is 27.0 Å². The third-order valence-electron chi connectivity index (χ3n) is 3.41. The summed E-state index contributed by atoms with van der Waals surface area (Å²) in [6.45, 7) is 1.95. The first-order chi connectivity index (χ1) is 9.54. The van der Waals surface area contributed by atoms with Crippen LogP contribution in [0.15, 0.2) is 40.9 Å². The molecule has 1 aliphatic heterocycles. The molecule has 100 valence electrons. The lowest BCUT2D eigenvalue weighted by atomic mass is 9.99. The minimum absolute atomic E-state index is 0.0240. The third-order valence-corrected chi connectivity index (χ3v) is 4.30. The number of hydrogen-bond acceptors (Lipinski definition) is 2. The van der Waals surface area contributed by atoms with E-state index in [1.807, 2.05) is 19.1 Å². The normalized spacial score (nSPS) is 13.0. The molecule has 0 atom stereocenters. The van der Waals surface area contributed by atoms with Crippen molar-refractivity contribution in [3.05, 3.63) is 63.1 Å². The van der Waals surface area contributed by atoms with Crippen molar-refractivity contribution in [3.8, 4) is 0 Å². The average molecular weight is 330 g/mol. The molecular weight excluding hydrogens is 318 g/mol. The van der Waals surface area contributed by atoms with Gasteiger partial charge in [-0.15, -0.1) is 0 Å². The number of halogens is 1. The van der Waals surface area contributed by atoms with E-state index in [1.54, 1.807) is 24.3 Å². The van der Waals surface area contributed by atoms with Crippen molar-refractivity contribution in [2.75, 3.05) is 5.32 Å².